The van der Waals surface area contributed by atoms with Crippen LogP contribution in [0.1, 0.15) is 12.7 Å². The molecule has 0 aliphatic carbocycles. The molecule has 21 heavy (non-hydrogen) atoms. The van der Waals surface area contributed by atoms with Gasteiger partial charge >= 0.3 is 11.8 Å². The summed E-state index contributed by atoms with van der Waals surface area (Å²) in [5.41, 5.74) is -1.23. The summed E-state index contributed by atoms with van der Waals surface area (Å²) in [4.78, 5) is 23.1. The van der Waals surface area contributed by atoms with Crippen LogP contribution in [-0.4, -0.2) is 34.2 Å². The minimum absolute atomic E-state index is 0.0984. The van der Waals surface area contributed by atoms with Gasteiger partial charge < -0.3 is 19.4 Å². The van der Waals surface area contributed by atoms with Gasteiger partial charge in [-0.15, -0.1) is 0 Å². The molecule has 0 bridgehead atoms. The first kappa shape index (κ1) is 14.8. The lowest BCUT2D eigenvalue weighted by Gasteiger charge is -2.22. The van der Waals surface area contributed by atoms with Crippen LogP contribution in [0.5, 0.6) is 0 Å². The zero-order chi connectivity index (χ0) is 15.3. The third kappa shape index (κ3) is 4.46. The molecule has 2 heterocycles. The van der Waals surface area contributed by atoms with Crippen LogP contribution >= 0.6 is 0 Å². The van der Waals surface area contributed by atoms with Gasteiger partial charge in [-0.05, 0) is 19.1 Å². The average molecular weight is 293 g/mol. The van der Waals surface area contributed by atoms with Gasteiger partial charge in [0.25, 0.3) is 0 Å². The van der Waals surface area contributed by atoms with Crippen molar-refractivity contribution in [2.24, 2.45) is 0 Å². The van der Waals surface area contributed by atoms with E-state index in [9.17, 15) is 14.7 Å². The van der Waals surface area contributed by atoms with E-state index in [0.29, 0.717) is 5.76 Å². The minimum atomic E-state index is -1.23. The van der Waals surface area contributed by atoms with Gasteiger partial charge in [-0.2, -0.15) is 0 Å². The van der Waals surface area contributed by atoms with E-state index in [1.165, 1.54) is 25.5 Å². The van der Waals surface area contributed by atoms with Gasteiger partial charge in [0, 0.05) is 19.0 Å². The Morgan fingerprint density at radius 3 is 2.76 bits per heavy atom. The normalized spacial score (nSPS) is 13.4. The van der Waals surface area contributed by atoms with Crippen LogP contribution < -0.4 is 10.6 Å². The summed E-state index contributed by atoms with van der Waals surface area (Å²) in [5.74, 6) is -1.05. The van der Waals surface area contributed by atoms with Gasteiger partial charge in [-0.3, -0.25) is 14.9 Å². The maximum absolute atomic E-state index is 11.6. The Hall–Kier alpha value is -2.61. The molecule has 0 spiro atoms. The van der Waals surface area contributed by atoms with Crippen LogP contribution in [0, 0.1) is 0 Å². The Labute approximate surface area is 120 Å². The summed E-state index contributed by atoms with van der Waals surface area (Å²) < 4.78 is 9.64. The van der Waals surface area contributed by atoms with E-state index >= 15 is 0 Å². The molecule has 0 fully saturated rings. The van der Waals surface area contributed by atoms with Crippen LogP contribution in [-0.2, 0) is 16.0 Å². The number of amides is 2. The molecule has 2 rings (SSSR count). The first-order chi connectivity index (χ1) is 9.96. The van der Waals surface area contributed by atoms with Crippen molar-refractivity contribution in [2.45, 2.75) is 18.9 Å². The Morgan fingerprint density at radius 2 is 2.14 bits per heavy atom. The number of rotatable bonds is 5. The van der Waals surface area contributed by atoms with Crippen LogP contribution in [0.2, 0.25) is 0 Å². The standard InChI is InChI=1S/C13H15N3O5/c1-13(19,7-9-3-2-5-20-9)8-14-11(17)12(18)15-10-4-6-21-16-10/h2-6,19H,7-8H2,1H3,(H,14,17)(H,15,16,18)/t13-/m1/s1. The molecule has 0 saturated heterocycles. The highest BCUT2D eigenvalue weighted by molar-refractivity contribution is 6.39. The summed E-state index contributed by atoms with van der Waals surface area (Å²) in [5, 5.41) is 18.2. The highest BCUT2D eigenvalue weighted by Gasteiger charge is 2.25. The third-order valence-electron chi connectivity index (χ3n) is 2.65. The minimum Gasteiger partial charge on any atom is -0.469 e. The summed E-state index contributed by atoms with van der Waals surface area (Å²) >= 11 is 0. The maximum atomic E-state index is 11.6. The number of nitrogens with zero attached hydrogens (tertiary/aromatic N) is 1. The van der Waals surface area contributed by atoms with E-state index < -0.39 is 17.4 Å². The monoisotopic (exact) mass is 293 g/mol. The van der Waals surface area contributed by atoms with Crippen molar-refractivity contribution >= 4 is 17.6 Å². The van der Waals surface area contributed by atoms with Gasteiger partial charge in [-0.1, -0.05) is 5.16 Å². The van der Waals surface area contributed by atoms with E-state index in [1.54, 1.807) is 12.1 Å². The Morgan fingerprint density at radius 1 is 1.33 bits per heavy atom. The number of carbonyl (C=O) groups is 2. The summed E-state index contributed by atoms with van der Waals surface area (Å²) in [6.45, 7) is 1.43. The van der Waals surface area contributed by atoms with Gasteiger partial charge in [-0.25, -0.2) is 0 Å². The molecular weight excluding hydrogens is 278 g/mol. The summed E-state index contributed by atoms with van der Waals surface area (Å²) in [6.07, 6.45) is 2.97. The summed E-state index contributed by atoms with van der Waals surface area (Å²) in [7, 11) is 0. The average Bonchev–Trinajstić information content (AvgIpc) is 3.09. The fourth-order valence-electron chi connectivity index (χ4n) is 1.65. The van der Waals surface area contributed by atoms with Crippen LogP contribution in [0.15, 0.2) is 39.7 Å². The van der Waals surface area contributed by atoms with Crippen LogP contribution in [0.4, 0.5) is 5.82 Å². The fraction of sp³-hybridized carbons (Fsp3) is 0.308. The van der Waals surface area contributed by atoms with Gasteiger partial charge in [0.2, 0.25) is 0 Å². The number of hydrogen-bond acceptors (Lipinski definition) is 6. The molecule has 0 aliphatic heterocycles. The molecule has 0 radical (unpaired) electrons. The van der Waals surface area contributed by atoms with Crippen molar-refractivity contribution in [2.75, 3.05) is 11.9 Å². The smallest absolute Gasteiger partial charge is 0.314 e. The van der Waals surface area contributed by atoms with Crippen molar-refractivity contribution in [3.05, 3.63) is 36.5 Å². The van der Waals surface area contributed by atoms with Crippen molar-refractivity contribution < 1.29 is 23.6 Å². The molecule has 8 heteroatoms. The van der Waals surface area contributed by atoms with Crippen molar-refractivity contribution in [1.29, 1.82) is 0 Å². The molecule has 8 nitrogen and oxygen atoms in total. The molecule has 2 aromatic heterocycles. The number of carbonyl (C=O) groups excluding carboxylic acids is 2. The molecule has 0 aromatic carbocycles. The van der Waals surface area contributed by atoms with Gasteiger partial charge in [0.05, 0.1) is 11.9 Å². The van der Waals surface area contributed by atoms with Crippen molar-refractivity contribution in [1.82, 2.24) is 10.5 Å². The van der Waals surface area contributed by atoms with E-state index in [4.69, 9.17) is 4.42 Å². The highest BCUT2D eigenvalue weighted by atomic mass is 16.5. The molecule has 0 unspecified atom stereocenters. The van der Waals surface area contributed by atoms with Gasteiger partial charge in [0.15, 0.2) is 5.82 Å². The number of hydrogen-bond donors (Lipinski definition) is 3. The second-order valence-electron chi connectivity index (χ2n) is 4.77. The van der Waals surface area contributed by atoms with Crippen LogP contribution in [0.25, 0.3) is 0 Å². The Bertz CT molecular complexity index is 589. The highest BCUT2D eigenvalue weighted by Crippen LogP contribution is 2.12. The molecule has 0 aliphatic rings. The molecule has 2 amide bonds. The zero-order valence-electron chi connectivity index (χ0n) is 11.3. The van der Waals surface area contributed by atoms with Crippen molar-refractivity contribution in [3.63, 3.8) is 0 Å². The zero-order valence-corrected chi connectivity index (χ0v) is 11.3. The Balaban J connectivity index is 1.81. The molecule has 112 valence electrons. The van der Waals surface area contributed by atoms with E-state index in [0.717, 1.165) is 0 Å². The lowest BCUT2D eigenvalue weighted by Crippen LogP contribution is -2.45. The van der Waals surface area contributed by atoms with Crippen LogP contribution in [0.3, 0.4) is 0 Å². The number of aliphatic hydroxyl groups is 1. The quantitative estimate of drug-likeness (QED) is 0.683. The topological polar surface area (TPSA) is 118 Å². The van der Waals surface area contributed by atoms with Crippen molar-refractivity contribution in [3.8, 4) is 0 Å². The lowest BCUT2D eigenvalue weighted by molar-refractivity contribution is -0.136. The number of anilines is 1. The molecule has 1 atom stereocenters. The SMILES string of the molecule is C[C@](O)(CNC(=O)C(=O)Nc1ccon1)Cc1ccco1. The van der Waals surface area contributed by atoms with E-state index in [-0.39, 0.29) is 18.8 Å². The first-order valence-electron chi connectivity index (χ1n) is 6.21. The molecule has 3 N–H and O–H groups in total. The molecule has 2 aromatic rings. The predicted octanol–water partition coefficient (Wildman–Crippen LogP) is 0.316. The number of aromatic nitrogens is 1. The second kappa shape index (κ2) is 6.23. The predicted molar refractivity (Wildman–Crippen MR) is 71.2 cm³/mol. The summed E-state index contributed by atoms with van der Waals surface area (Å²) in [6, 6.07) is 4.82. The maximum Gasteiger partial charge on any atom is 0.314 e. The molecule has 0 saturated carbocycles. The second-order valence-corrected chi connectivity index (χ2v) is 4.77. The number of nitrogens with one attached hydrogen (secondary N) is 2. The van der Waals surface area contributed by atoms with E-state index in [2.05, 4.69) is 20.3 Å². The fourth-order valence-corrected chi connectivity index (χ4v) is 1.65. The largest absolute Gasteiger partial charge is 0.469 e. The molecular formula is C13H15N3O5. The lowest BCUT2D eigenvalue weighted by atomic mass is 10.0. The van der Waals surface area contributed by atoms with Gasteiger partial charge in [0.1, 0.15) is 12.0 Å². The third-order valence-corrected chi connectivity index (χ3v) is 2.65. The first-order valence-corrected chi connectivity index (χ1v) is 6.21. The Kier molecular flexibility index (Phi) is 4.39. The van der Waals surface area contributed by atoms with E-state index in [1.807, 2.05) is 0 Å². The number of furan rings is 1.